The molecule has 0 bridgehead atoms. The van der Waals surface area contributed by atoms with E-state index in [-0.39, 0.29) is 0 Å². The van der Waals surface area contributed by atoms with E-state index < -0.39 is 9.84 Å². The van der Waals surface area contributed by atoms with Gasteiger partial charge in [0.15, 0.2) is 9.84 Å². The molecule has 0 unspecified atom stereocenters. The minimum absolute atomic E-state index is 0.304. The molecule has 106 valence electrons. The highest BCUT2D eigenvalue weighted by molar-refractivity contribution is 7.90. The van der Waals surface area contributed by atoms with Crippen LogP contribution in [0.25, 0.3) is 0 Å². The van der Waals surface area contributed by atoms with Crippen LogP contribution in [0.2, 0.25) is 0 Å². The van der Waals surface area contributed by atoms with Crippen molar-refractivity contribution < 1.29 is 8.42 Å². The minimum Gasteiger partial charge on any atom is -0.366 e. The predicted molar refractivity (Wildman–Crippen MR) is 76.7 cm³/mol. The van der Waals surface area contributed by atoms with E-state index in [1.54, 1.807) is 30.3 Å². The summed E-state index contributed by atoms with van der Waals surface area (Å²) in [6.07, 6.45) is 2.58. The molecule has 8 heteroatoms. The van der Waals surface area contributed by atoms with E-state index >= 15 is 0 Å². The monoisotopic (exact) mass is 293 g/mol. The van der Waals surface area contributed by atoms with E-state index in [4.69, 9.17) is 5.84 Å². The predicted octanol–water partition coefficient (Wildman–Crippen LogP) is 0.778. The second-order valence-electron chi connectivity index (χ2n) is 4.20. The molecule has 0 amide bonds. The summed E-state index contributed by atoms with van der Waals surface area (Å²) in [5.41, 5.74) is 3.37. The molecule has 0 atom stereocenters. The van der Waals surface area contributed by atoms with E-state index in [9.17, 15) is 8.42 Å². The molecule has 0 aliphatic rings. The molecule has 1 heterocycles. The highest BCUT2D eigenvalue weighted by atomic mass is 32.2. The third kappa shape index (κ3) is 3.65. The molecule has 0 aliphatic heterocycles. The zero-order valence-corrected chi connectivity index (χ0v) is 11.7. The van der Waals surface area contributed by atoms with Crippen LogP contribution < -0.4 is 16.6 Å². The first-order valence-electron chi connectivity index (χ1n) is 5.80. The van der Waals surface area contributed by atoms with Crippen molar-refractivity contribution in [2.75, 3.05) is 17.0 Å². The Labute approximate surface area is 117 Å². The fourth-order valence-corrected chi connectivity index (χ4v) is 2.21. The molecule has 2 aromatic rings. The lowest BCUT2D eigenvalue weighted by Gasteiger charge is -2.07. The third-order valence-electron chi connectivity index (χ3n) is 2.64. The van der Waals surface area contributed by atoms with Crippen LogP contribution >= 0.6 is 0 Å². The Morgan fingerprint density at radius 2 is 1.80 bits per heavy atom. The summed E-state index contributed by atoms with van der Waals surface area (Å²) in [5.74, 6) is 6.39. The van der Waals surface area contributed by atoms with Crippen molar-refractivity contribution in [2.45, 2.75) is 11.4 Å². The number of benzene rings is 1. The zero-order chi connectivity index (χ0) is 14.6. The maximum atomic E-state index is 11.3. The number of nitrogens with zero attached hydrogens (tertiary/aromatic N) is 2. The van der Waals surface area contributed by atoms with E-state index in [1.807, 2.05) is 0 Å². The molecular weight excluding hydrogens is 278 g/mol. The fourth-order valence-electron chi connectivity index (χ4n) is 1.58. The van der Waals surface area contributed by atoms with Crippen LogP contribution in [0.1, 0.15) is 5.56 Å². The summed E-state index contributed by atoms with van der Waals surface area (Å²) < 4.78 is 22.7. The summed E-state index contributed by atoms with van der Waals surface area (Å²) in [6.45, 7) is 0.519. The quantitative estimate of drug-likeness (QED) is 0.552. The summed E-state index contributed by atoms with van der Waals surface area (Å²) in [4.78, 5) is 8.25. The highest BCUT2D eigenvalue weighted by Crippen LogP contribution is 2.12. The third-order valence-corrected chi connectivity index (χ3v) is 3.77. The lowest BCUT2D eigenvalue weighted by Crippen LogP contribution is -2.10. The average molecular weight is 293 g/mol. The smallest absolute Gasteiger partial charge is 0.175 e. The SMILES string of the molecule is CS(=O)(=O)c1ccc(CNc2cc(NN)ncn2)cc1. The first-order valence-corrected chi connectivity index (χ1v) is 7.70. The molecule has 0 saturated heterocycles. The first-order chi connectivity index (χ1) is 9.49. The van der Waals surface area contributed by atoms with Crippen LogP contribution in [-0.4, -0.2) is 24.6 Å². The van der Waals surface area contributed by atoms with E-state index in [1.165, 1.54) is 12.6 Å². The van der Waals surface area contributed by atoms with Gasteiger partial charge in [0, 0.05) is 18.9 Å². The molecule has 0 spiro atoms. The molecule has 2 rings (SSSR count). The molecule has 7 nitrogen and oxygen atoms in total. The van der Waals surface area contributed by atoms with Crippen molar-refractivity contribution in [3.63, 3.8) is 0 Å². The van der Waals surface area contributed by atoms with Crippen LogP contribution in [0.4, 0.5) is 11.6 Å². The normalized spacial score (nSPS) is 11.1. The van der Waals surface area contributed by atoms with Gasteiger partial charge < -0.3 is 10.7 Å². The van der Waals surface area contributed by atoms with Crippen molar-refractivity contribution in [1.82, 2.24) is 9.97 Å². The number of nitrogens with one attached hydrogen (secondary N) is 2. The summed E-state index contributed by atoms with van der Waals surface area (Å²) in [5, 5.41) is 3.10. The topological polar surface area (TPSA) is 110 Å². The van der Waals surface area contributed by atoms with Gasteiger partial charge in [-0.3, -0.25) is 0 Å². The van der Waals surface area contributed by atoms with Gasteiger partial charge in [-0.2, -0.15) is 0 Å². The van der Waals surface area contributed by atoms with E-state index in [0.717, 1.165) is 5.56 Å². The van der Waals surface area contributed by atoms with Crippen molar-refractivity contribution in [2.24, 2.45) is 5.84 Å². The number of sulfone groups is 1. The minimum atomic E-state index is -3.16. The van der Waals surface area contributed by atoms with Gasteiger partial charge in [-0.1, -0.05) is 12.1 Å². The number of hydrazine groups is 1. The Morgan fingerprint density at radius 3 is 2.40 bits per heavy atom. The largest absolute Gasteiger partial charge is 0.366 e. The van der Waals surface area contributed by atoms with E-state index in [2.05, 4.69) is 20.7 Å². The van der Waals surface area contributed by atoms with Crippen molar-refractivity contribution >= 4 is 21.5 Å². The Kier molecular flexibility index (Phi) is 4.16. The maximum Gasteiger partial charge on any atom is 0.175 e. The number of hydrogen-bond donors (Lipinski definition) is 3. The van der Waals surface area contributed by atoms with Crippen LogP contribution in [0, 0.1) is 0 Å². The second-order valence-corrected chi connectivity index (χ2v) is 6.22. The van der Waals surface area contributed by atoms with Gasteiger partial charge in [0.2, 0.25) is 0 Å². The molecular formula is C12H15N5O2S. The molecule has 0 fully saturated rings. The van der Waals surface area contributed by atoms with Gasteiger partial charge in [0.05, 0.1) is 4.90 Å². The zero-order valence-electron chi connectivity index (χ0n) is 10.9. The standard InChI is InChI=1S/C12H15N5O2S/c1-20(18,19)10-4-2-9(3-5-10)7-14-11-6-12(17-13)16-8-15-11/h2-6,8H,7,13H2,1H3,(H2,14,15,16,17). The van der Waals surface area contributed by atoms with Gasteiger partial charge in [0.1, 0.15) is 18.0 Å². The Balaban J connectivity index is 2.04. The molecule has 20 heavy (non-hydrogen) atoms. The Bertz CT molecular complexity index is 685. The van der Waals surface area contributed by atoms with Crippen LogP contribution in [0.5, 0.6) is 0 Å². The van der Waals surface area contributed by atoms with Crippen molar-refractivity contribution in [1.29, 1.82) is 0 Å². The number of aromatic nitrogens is 2. The van der Waals surface area contributed by atoms with Crippen LogP contribution in [0.15, 0.2) is 41.6 Å². The highest BCUT2D eigenvalue weighted by Gasteiger charge is 2.06. The van der Waals surface area contributed by atoms with Crippen LogP contribution in [0.3, 0.4) is 0 Å². The van der Waals surface area contributed by atoms with Gasteiger partial charge in [-0.15, -0.1) is 0 Å². The number of nitrogen functional groups attached to an aromatic ring is 1. The molecule has 1 aromatic heterocycles. The Morgan fingerprint density at radius 1 is 1.15 bits per heavy atom. The Hall–Kier alpha value is -2.19. The summed E-state index contributed by atoms with van der Waals surface area (Å²) in [6, 6.07) is 8.35. The maximum absolute atomic E-state index is 11.3. The number of hydrogen-bond acceptors (Lipinski definition) is 7. The molecule has 0 radical (unpaired) electrons. The second kappa shape index (κ2) is 5.85. The van der Waals surface area contributed by atoms with Crippen LogP contribution in [-0.2, 0) is 16.4 Å². The van der Waals surface area contributed by atoms with E-state index in [0.29, 0.717) is 23.1 Å². The number of anilines is 2. The summed E-state index contributed by atoms with van der Waals surface area (Å²) >= 11 is 0. The number of rotatable bonds is 5. The summed E-state index contributed by atoms with van der Waals surface area (Å²) in [7, 11) is -3.16. The lowest BCUT2D eigenvalue weighted by molar-refractivity contribution is 0.602. The van der Waals surface area contributed by atoms with Crippen molar-refractivity contribution in [3.05, 3.63) is 42.2 Å². The molecule has 4 N–H and O–H groups in total. The van der Waals surface area contributed by atoms with Gasteiger partial charge in [-0.25, -0.2) is 24.2 Å². The van der Waals surface area contributed by atoms with Gasteiger partial charge in [-0.05, 0) is 17.7 Å². The average Bonchev–Trinajstić information content (AvgIpc) is 2.45. The molecule has 0 aliphatic carbocycles. The fraction of sp³-hybridized carbons (Fsp3) is 0.167. The van der Waals surface area contributed by atoms with Gasteiger partial charge >= 0.3 is 0 Å². The van der Waals surface area contributed by atoms with Gasteiger partial charge in [0.25, 0.3) is 0 Å². The lowest BCUT2D eigenvalue weighted by atomic mass is 10.2. The first kappa shape index (κ1) is 14.2. The molecule has 1 aromatic carbocycles. The number of nitrogens with two attached hydrogens (primary N) is 1. The van der Waals surface area contributed by atoms with Crippen molar-refractivity contribution in [3.8, 4) is 0 Å². The molecule has 0 saturated carbocycles.